The Labute approximate surface area is 226 Å². The number of piperazine rings is 1. The van der Waals surface area contributed by atoms with Crippen molar-refractivity contribution in [1.82, 2.24) is 19.4 Å². The van der Waals surface area contributed by atoms with Crippen LogP contribution in [0, 0.1) is 0 Å². The third-order valence-electron chi connectivity index (χ3n) is 7.37. The Balaban J connectivity index is 1.17. The van der Waals surface area contributed by atoms with Crippen LogP contribution in [0.1, 0.15) is 12.0 Å². The van der Waals surface area contributed by atoms with E-state index in [1.807, 2.05) is 29.1 Å². The maximum absolute atomic E-state index is 9.91. The Morgan fingerprint density at radius 1 is 1.05 bits per heavy atom. The lowest BCUT2D eigenvalue weighted by Crippen LogP contribution is -2.47. The van der Waals surface area contributed by atoms with Crippen molar-refractivity contribution >= 4 is 34.7 Å². The number of imidazole rings is 1. The second-order valence-electron chi connectivity index (χ2n) is 9.76. The van der Waals surface area contributed by atoms with E-state index in [0.29, 0.717) is 16.3 Å². The molecule has 198 valence electrons. The Kier molecular flexibility index (Phi) is 6.69. The number of aliphatic hydroxyl groups is 1. The molecule has 11 heteroatoms. The number of aliphatic hydroxyl groups excluding tert-OH is 1. The van der Waals surface area contributed by atoms with Gasteiger partial charge in [0.15, 0.2) is 0 Å². The molecule has 3 aromatic heterocycles. The summed E-state index contributed by atoms with van der Waals surface area (Å²) in [5.41, 5.74) is 10.3. The number of hydrogen-bond donors (Lipinski definition) is 2. The maximum Gasteiger partial charge on any atom is 0.227 e. The Morgan fingerprint density at radius 3 is 2.61 bits per heavy atom. The van der Waals surface area contributed by atoms with E-state index in [9.17, 15) is 5.11 Å². The standard InChI is InChI=1S/C27H31ClN8O2/c1-38-24-12-18(17-37)21(14-22(24)28)23-16-35-7-4-20(13-26(35)31-23)33-8-10-34(11-9-33)25-2-5-30-27(32-25)36-6-3-19(29)15-36/h2,4-5,7,12-14,16,19,37H,3,6,8-11,15,17,29H2,1H3. The van der Waals surface area contributed by atoms with Crippen LogP contribution in [-0.4, -0.2) is 76.9 Å². The highest BCUT2D eigenvalue weighted by Gasteiger charge is 2.24. The van der Waals surface area contributed by atoms with E-state index in [2.05, 4.69) is 31.8 Å². The summed E-state index contributed by atoms with van der Waals surface area (Å²) in [5, 5.41) is 10.4. The molecule has 1 unspecified atom stereocenters. The zero-order valence-corrected chi connectivity index (χ0v) is 22.1. The summed E-state index contributed by atoms with van der Waals surface area (Å²) in [6, 6.07) is 9.95. The average Bonchev–Trinajstić information content (AvgIpc) is 3.59. The SMILES string of the molecule is COc1cc(CO)c(-c2cn3ccc(N4CCN(c5ccnc(N6CCC(N)C6)n5)CC4)cc3n2)cc1Cl. The fourth-order valence-corrected chi connectivity index (χ4v) is 5.49. The van der Waals surface area contributed by atoms with Crippen LogP contribution < -0.4 is 25.2 Å². The van der Waals surface area contributed by atoms with Gasteiger partial charge >= 0.3 is 0 Å². The van der Waals surface area contributed by atoms with Gasteiger partial charge in [-0.05, 0) is 36.2 Å². The number of halogens is 1. The lowest BCUT2D eigenvalue weighted by atomic mass is 10.1. The zero-order chi connectivity index (χ0) is 26.2. The molecule has 0 saturated carbocycles. The fourth-order valence-electron chi connectivity index (χ4n) is 5.25. The van der Waals surface area contributed by atoms with Crippen molar-refractivity contribution < 1.29 is 9.84 Å². The number of pyridine rings is 1. The maximum atomic E-state index is 9.91. The van der Waals surface area contributed by atoms with Crippen LogP contribution in [0.3, 0.4) is 0 Å². The lowest BCUT2D eigenvalue weighted by molar-refractivity contribution is 0.281. The molecule has 2 fully saturated rings. The predicted octanol–water partition coefficient (Wildman–Crippen LogP) is 2.81. The van der Waals surface area contributed by atoms with E-state index in [0.717, 1.165) is 80.0 Å². The van der Waals surface area contributed by atoms with Gasteiger partial charge in [0.2, 0.25) is 5.95 Å². The summed E-state index contributed by atoms with van der Waals surface area (Å²) in [5.74, 6) is 2.25. The molecule has 2 aliphatic heterocycles. The molecule has 4 aromatic rings. The number of fused-ring (bicyclic) bond motifs is 1. The molecule has 6 rings (SSSR count). The van der Waals surface area contributed by atoms with E-state index in [-0.39, 0.29) is 12.6 Å². The predicted molar refractivity (Wildman–Crippen MR) is 149 cm³/mol. The second-order valence-corrected chi connectivity index (χ2v) is 10.2. The normalized spacial score (nSPS) is 18.0. The number of anilines is 3. The highest BCUT2D eigenvalue weighted by molar-refractivity contribution is 6.32. The van der Waals surface area contributed by atoms with Gasteiger partial charge in [-0.2, -0.15) is 4.98 Å². The summed E-state index contributed by atoms with van der Waals surface area (Å²) in [6.07, 6.45) is 6.80. The molecule has 0 radical (unpaired) electrons. The van der Waals surface area contributed by atoms with Gasteiger partial charge in [0, 0.05) is 81.2 Å². The Morgan fingerprint density at radius 2 is 1.87 bits per heavy atom. The third-order valence-corrected chi connectivity index (χ3v) is 7.67. The van der Waals surface area contributed by atoms with Crippen molar-refractivity contribution in [1.29, 1.82) is 0 Å². The van der Waals surface area contributed by atoms with Crippen LogP contribution in [0.15, 0.2) is 48.9 Å². The van der Waals surface area contributed by atoms with Gasteiger partial charge in [0.25, 0.3) is 0 Å². The van der Waals surface area contributed by atoms with Crippen molar-refractivity contribution in [3.8, 4) is 17.0 Å². The van der Waals surface area contributed by atoms with Gasteiger partial charge in [0.05, 0.1) is 24.4 Å². The van der Waals surface area contributed by atoms with Gasteiger partial charge in [-0.25, -0.2) is 9.97 Å². The lowest BCUT2D eigenvalue weighted by Gasteiger charge is -2.36. The molecule has 1 aromatic carbocycles. The number of nitrogens with zero attached hydrogens (tertiary/aromatic N) is 7. The minimum Gasteiger partial charge on any atom is -0.495 e. The molecular weight excluding hydrogens is 504 g/mol. The first-order chi connectivity index (χ1) is 18.5. The van der Waals surface area contributed by atoms with Crippen LogP contribution in [-0.2, 0) is 6.61 Å². The molecule has 1 atom stereocenters. The van der Waals surface area contributed by atoms with E-state index in [4.69, 9.17) is 32.0 Å². The number of rotatable bonds is 6. The summed E-state index contributed by atoms with van der Waals surface area (Å²) >= 11 is 6.37. The number of ether oxygens (including phenoxy) is 1. The molecule has 0 amide bonds. The summed E-state index contributed by atoms with van der Waals surface area (Å²) in [7, 11) is 1.56. The molecule has 3 N–H and O–H groups in total. The quantitative estimate of drug-likeness (QED) is 0.386. The molecule has 10 nitrogen and oxygen atoms in total. The van der Waals surface area contributed by atoms with Crippen LogP contribution >= 0.6 is 11.6 Å². The zero-order valence-electron chi connectivity index (χ0n) is 21.3. The number of benzene rings is 1. The van der Waals surface area contributed by atoms with Crippen molar-refractivity contribution in [2.45, 2.75) is 19.1 Å². The van der Waals surface area contributed by atoms with E-state index in [1.165, 1.54) is 0 Å². The van der Waals surface area contributed by atoms with Gasteiger partial charge in [-0.3, -0.25) is 0 Å². The second kappa shape index (κ2) is 10.3. The Bertz CT molecular complexity index is 1450. The highest BCUT2D eigenvalue weighted by atomic mass is 35.5. The van der Waals surface area contributed by atoms with Gasteiger partial charge in [0.1, 0.15) is 17.2 Å². The highest BCUT2D eigenvalue weighted by Crippen LogP contribution is 2.34. The van der Waals surface area contributed by atoms with E-state index < -0.39 is 0 Å². The molecular formula is C27H31ClN8O2. The van der Waals surface area contributed by atoms with E-state index >= 15 is 0 Å². The molecule has 2 saturated heterocycles. The largest absolute Gasteiger partial charge is 0.495 e. The first-order valence-corrected chi connectivity index (χ1v) is 13.2. The molecule has 0 bridgehead atoms. The van der Waals surface area contributed by atoms with Crippen molar-refractivity contribution in [3.05, 3.63) is 59.5 Å². The minimum absolute atomic E-state index is 0.133. The summed E-state index contributed by atoms with van der Waals surface area (Å²) in [6.45, 7) is 5.06. The summed E-state index contributed by atoms with van der Waals surface area (Å²) < 4.78 is 7.28. The van der Waals surface area contributed by atoms with Crippen molar-refractivity contribution in [2.24, 2.45) is 5.73 Å². The van der Waals surface area contributed by atoms with Crippen LogP contribution in [0.5, 0.6) is 5.75 Å². The van der Waals surface area contributed by atoms with Crippen LogP contribution in [0.2, 0.25) is 5.02 Å². The third kappa shape index (κ3) is 4.70. The molecule has 5 heterocycles. The van der Waals surface area contributed by atoms with Crippen LogP contribution in [0.25, 0.3) is 16.9 Å². The van der Waals surface area contributed by atoms with Gasteiger partial charge in [-0.15, -0.1) is 0 Å². The average molecular weight is 535 g/mol. The Hall–Kier alpha value is -3.60. The minimum atomic E-state index is -0.133. The number of nitrogens with two attached hydrogens (primary N) is 1. The number of methoxy groups -OCH3 is 1. The molecule has 0 spiro atoms. The molecule has 0 aliphatic carbocycles. The van der Waals surface area contributed by atoms with Crippen molar-refractivity contribution in [2.75, 3.05) is 61.1 Å². The van der Waals surface area contributed by atoms with Gasteiger partial charge < -0.3 is 34.7 Å². The number of hydrogen-bond acceptors (Lipinski definition) is 9. The topological polar surface area (TPSA) is 108 Å². The van der Waals surface area contributed by atoms with Gasteiger partial charge in [-0.1, -0.05) is 11.6 Å². The van der Waals surface area contributed by atoms with Crippen LogP contribution in [0.4, 0.5) is 17.5 Å². The van der Waals surface area contributed by atoms with Crippen molar-refractivity contribution in [3.63, 3.8) is 0 Å². The first-order valence-electron chi connectivity index (χ1n) is 12.8. The fraction of sp³-hybridized carbons (Fsp3) is 0.370. The summed E-state index contributed by atoms with van der Waals surface area (Å²) in [4.78, 5) is 21.0. The smallest absolute Gasteiger partial charge is 0.227 e. The molecule has 38 heavy (non-hydrogen) atoms. The van der Waals surface area contributed by atoms with E-state index in [1.54, 1.807) is 19.2 Å². The monoisotopic (exact) mass is 534 g/mol. The first kappa shape index (κ1) is 24.7. The molecule has 2 aliphatic rings. The number of aromatic nitrogens is 4.